The highest BCUT2D eigenvalue weighted by atomic mass is 35.5. The van der Waals surface area contributed by atoms with E-state index >= 15 is 0 Å². The van der Waals surface area contributed by atoms with Gasteiger partial charge in [0, 0.05) is 18.1 Å². The van der Waals surface area contributed by atoms with Crippen LogP contribution in [0.2, 0.25) is 5.02 Å². The van der Waals surface area contributed by atoms with E-state index in [4.69, 9.17) is 11.6 Å². The molecule has 3 aromatic rings. The first-order valence-electron chi connectivity index (χ1n) is 13.4. The average molecular weight is 584 g/mol. The van der Waals surface area contributed by atoms with Gasteiger partial charge in [0.2, 0.25) is 11.8 Å². The van der Waals surface area contributed by atoms with Crippen molar-refractivity contribution in [2.24, 2.45) is 5.92 Å². The second kappa shape index (κ2) is 13.8. The number of hydrogen-bond acceptors (Lipinski definition) is 4. The fourth-order valence-corrected chi connectivity index (χ4v) is 6.21. The number of nitrogens with zero attached hydrogens (tertiary/aromatic N) is 2. The molecule has 1 atom stereocenters. The van der Waals surface area contributed by atoms with Crippen LogP contribution in [0.5, 0.6) is 0 Å². The number of carbonyl (C=O) groups is 2. The van der Waals surface area contributed by atoms with E-state index in [-0.39, 0.29) is 23.3 Å². The molecule has 0 bridgehead atoms. The van der Waals surface area contributed by atoms with Gasteiger partial charge < -0.3 is 10.2 Å². The van der Waals surface area contributed by atoms with E-state index in [9.17, 15) is 18.0 Å². The van der Waals surface area contributed by atoms with E-state index in [1.165, 1.54) is 17.0 Å². The zero-order chi connectivity index (χ0) is 29.4. The second-order valence-electron chi connectivity index (χ2n) is 10.3. The number of nitrogens with one attached hydrogen (secondary N) is 1. The minimum Gasteiger partial charge on any atom is -0.354 e. The Labute approximate surface area is 243 Å². The third kappa shape index (κ3) is 7.86. The van der Waals surface area contributed by atoms with Crippen molar-refractivity contribution in [1.82, 2.24) is 10.2 Å². The highest BCUT2D eigenvalue weighted by Crippen LogP contribution is 2.29. The molecule has 3 rings (SSSR count). The monoisotopic (exact) mass is 583 g/mol. The van der Waals surface area contributed by atoms with Gasteiger partial charge >= 0.3 is 0 Å². The molecule has 0 spiro atoms. The number of sulfonamides is 1. The van der Waals surface area contributed by atoms with Gasteiger partial charge in [0.25, 0.3) is 10.0 Å². The predicted molar refractivity (Wildman–Crippen MR) is 161 cm³/mol. The maximum Gasteiger partial charge on any atom is 0.264 e. The van der Waals surface area contributed by atoms with Crippen molar-refractivity contribution in [3.8, 4) is 0 Å². The molecule has 0 saturated heterocycles. The van der Waals surface area contributed by atoms with Crippen LogP contribution in [-0.2, 0) is 26.2 Å². The zero-order valence-corrected chi connectivity index (χ0v) is 25.3. The molecule has 1 unspecified atom stereocenters. The molecule has 0 fully saturated rings. The fraction of sp³-hybridized carbons (Fsp3) is 0.355. The maximum absolute atomic E-state index is 14.1. The smallest absolute Gasteiger partial charge is 0.264 e. The van der Waals surface area contributed by atoms with E-state index in [2.05, 4.69) is 5.32 Å². The third-order valence-electron chi connectivity index (χ3n) is 6.54. The van der Waals surface area contributed by atoms with Gasteiger partial charge in [-0.25, -0.2) is 8.42 Å². The molecule has 7 nitrogen and oxygen atoms in total. The van der Waals surface area contributed by atoms with E-state index in [1.807, 2.05) is 52.0 Å². The second-order valence-corrected chi connectivity index (χ2v) is 12.6. The Hall–Kier alpha value is -3.36. The molecule has 40 heavy (non-hydrogen) atoms. The summed E-state index contributed by atoms with van der Waals surface area (Å²) in [5.74, 6) is -0.513. The number of rotatable bonds is 12. The third-order valence-corrected chi connectivity index (χ3v) is 8.55. The minimum atomic E-state index is -4.13. The van der Waals surface area contributed by atoms with Gasteiger partial charge in [0.15, 0.2) is 0 Å². The minimum absolute atomic E-state index is 0.0594. The van der Waals surface area contributed by atoms with Crippen LogP contribution < -0.4 is 9.62 Å². The molecule has 0 heterocycles. The standard InChI is InChI=1S/C31H38ClN3O4S/c1-6-28(31(37)33-19-22(2)3)34(20-25-12-10-11-23(4)17-25)30(36)21-35(29-16-15-26(32)18-24(29)5)40(38,39)27-13-8-7-9-14-27/h7-18,22,28H,6,19-21H2,1-5H3,(H,33,37). The van der Waals surface area contributed by atoms with Crippen molar-refractivity contribution < 1.29 is 18.0 Å². The normalized spacial score (nSPS) is 12.2. The number of hydrogen-bond donors (Lipinski definition) is 1. The van der Waals surface area contributed by atoms with Crippen molar-refractivity contribution in [2.45, 2.75) is 58.5 Å². The average Bonchev–Trinajstić information content (AvgIpc) is 2.91. The molecule has 0 aliphatic rings. The molecular weight excluding hydrogens is 546 g/mol. The van der Waals surface area contributed by atoms with Gasteiger partial charge in [-0.3, -0.25) is 13.9 Å². The number of halogens is 1. The van der Waals surface area contributed by atoms with Gasteiger partial charge in [-0.2, -0.15) is 0 Å². The first-order chi connectivity index (χ1) is 18.9. The molecule has 0 saturated carbocycles. The van der Waals surface area contributed by atoms with Crippen molar-refractivity contribution in [3.63, 3.8) is 0 Å². The van der Waals surface area contributed by atoms with Crippen molar-refractivity contribution in [1.29, 1.82) is 0 Å². The van der Waals surface area contributed by atoms with Gasteiger partial charge in [0.1, 0.15) is 12.6 Å². The van der Waals surface area contributed by atoms with Gasteiger partial charge in [0.05, 0.1) is 10.6 Å². The van der Waals surface area contributed by atoms with Crippen molar-refractivity contribution in [3.05, 3.63) is 94.5 Å². The summed E-state index contributed by atoms with van der Waals surface area (Å²) in [6, 6.07) is 19.8. The van der Waals surface area contributed by atoms with Crippen LogP contribution in [0.25, 0.3) is 0 Å². The van der Waals surface area contributed by atoms with Gasteiger partial charge in [-0.15, -0.1) is 0 Å². The Morgan fingerprint density at radius 3 is 2.25 bits per heavy atom. The van der Waals surface area contributed by atoms with Crippen LogP contribution >= 0.6 is 11.6 Å². The Bertz CT molecular complexity index is 1430. The Balaban J connectivity index is 2.07. The predicted octanol–water partition coefficient (Wildman–Crippen LogP) is 5.73. The summed E-state index contributed by atoms with van der Waals surface area (Å²) in [6.07, 6.45) is 0.368. The van der Waals surface area contributed by atoms with Gasteiger partial charge in [-0.05, 0) is 67.6 Å². The molecule has 1 N–H and O–H groups in total. The first-order valence-corrected chi connectivity index (χ1v) is 15.2. The summed E-state index contributed by atoms with van der Waals surface area (Å²) < 4.78 is 29.0. The lowest BCUT2D eigenvalue weighted by molar-refractivity contribution is -0.140. The molecule has 0 aliphatic carbocycles. The summed E-state index contributed by atoms with van der Waals surface area (Å²) in [5, 5.41) is 3.40. The number of anilines is 1. The lowest BCUT2D eigenvalue weighted by atomic mass is 10.1. The lowest BCUT2D eigenvalue weighted by Gasteiger charge is -2.33. The fourth-order valence-electron chi connectivity index (χ4n) is 4.48. The summed E-state index contributed by atoms with van der Waals surface area (Å²) in [6.45, 7) is 9.69. The van der Waals surface area contributed by atoms with Crippen LogP contribution in [0.3, 0.4) is 0 Å². The number of carbonyl (C=O) groups excluding carboxylic acids is 2. The highest BCUT2D eigenvalue weighted by molar-refractivity contribution is 7.92. The van der Waals surface area contributed by atoms with Crippen LogP contribution in [0.15, 0.2) is 77.7 Å². The molecule has 9 heteroatoms. The van der Waals surface area contributed by atoms with Crippen LogP contribution in [0.4, 0.5) is 5.69 Å². The Morgan fingerprint density at radius 1 is 0.950 bits per heavy atom. The van der Waals surface area contributed by atoms with Gasteiger partial charge in [-0.1, -0.05) is 80.4 Å². The SMILES string of the molecule is CCC(C(=O)NCC(C)C)N(Cc1cccc(C)c1)C(=O)CN(c1ccc(Cl)cc1C)S(=O)(=O)c1ccccc1. The summed E-state index contributed by atoms with van der Waals surface area (Å²) in [5.41, 5.74) is 2.82. The molecule has 214 valence electrons. The number of aryl methyl sites for hydroxylation is 2. The Kier molecular flexibility index (Phi) is 10.8. The number of amides is 2. The topological polar surface area (TPSA) is 86.8 Å². The summed E-state index contributed by atoms with van der Waals surface area (Å²) >= 11 is 6.17. The number of benzene rings is 3. The summed E-state index contributed by atoms with van der Waals surface area (Å²) in [7, 11) is -4.13. The van der Waals surface area contributed by atoms with Crippen molar-refractivity contribution >= 4 is 39.1 Å². The molecular formula is C31H38ClN3O4S. The maximum atomic E-state index is 14.1. The van der Waals surface area contributed by atoms with E-state index in [0.29, 0.717) is 29.2 Å². The quantitative estimate of drug-likeness (QED) is 0.295. The van der Waals surface area contributed by atoms with Crippen LogP contribution in [-0.4, -0.2) is 44.3 Å². The van der Waals surface area contributed by atoms with Crippen LogP contribution in [0.1, 0.15) is 43.9 Å². The molecule has 0 radical (unpaired) electrons. The molecule has 0 aliphatic heterocycles. The molecule has 2 amide bonds. The lowest BCUT2D eigenvalue weighted by Crippen LogP contribution is -2.52. The first kappa shape index (κ1) is 31.2. The highest BCUT2D eigenvalue weighted by Gasteiger charge is 2.34. The van der Waals surface area contributed by atoms with Crippen LogP contribution in [0, 0.1) is 19.8 Å². The Morgan fingerprint density at radius 2 is 1.65 bits per heavy atom. The van der Waals surface area contributed by atoms with Crippen molar-refractivity contribution in [2.75, 3.05) is 17.4 Å². The largest absolute Gasteiger partial charge is 0.354 e. The molecule has 0 aromatic heterocycles. The van der Waals surface area contributed by atoms with E-state index < -0.39 is 28.5 Å². The molecule has 3 aromatic carbocycles. The van der Waals surface area contributed by atoms with E-state index in [1.54, 1.807) is 43.3 Å². The summed E-state index contributed by atoms with van der Waals surface area (Å²) in [4.78, 5) is 29.0. The van der Waals surface area contributed by atoms with E-state index in [0.717, 1.165) is 15.4 Å². The zero-order valence-electron chi connectivity index (χ0n) is 23.7.